The van der Waals surface area contributed by atoms with Crippen molar-refractivity contribution in [2.24, 2.45) is 0 Å². The number of hydrogen-bond donors (Lipinski definition) is 3. The second-order valence-corrected chi connectivity index (χ2v) is 6.34. The Hall–Kier alpha value is -3.38. The van der Waals surface area contributed by atoms with E-state index in [0.29, 0.717) is 11.4 Å². The first-order valence-corrected chi connectivity index (χ1v) is 8.92. The smallest absolute Gasteiger partial charge is 0.249 e. The molecule has 0 aromatic heterocycles. The first-order chi connectivity index (χ1) is 13.6. The van der Waals surface area contributed by atoms with Crippen molar-refractivity contribution in [3.8, 4) is 5.75 Å². The number of aliphatic hydroxyl groups is 1. The molecule has 1 unspecified atom stereocenters. The monoisotopic (exact) mass is 378 g/mol. The Labute approximate surface area is 163 Å². The number of carbonyl (C=O) groups is 2. The minimum Gasteiger partial charge on any atom is -0.497 e. The molecular weight excluding hydrogens is 356 g/mol. The second-order valence-electron chi connectivity index (χ2n) is 6.34. The van der Waals surface area contributed by atoms with Crippen molar-refractivity contribution in [1.82, 2.24) is 5.32 Å². The molecule has 3 rings (SSSR count). The fourth-order valence-corrected chi connectivity index (χ4v) is 2.99. The van der Waals surface area contributed by atoms with Crippen molar-refractivity contribution < 1.29 is 19.4 Å². The van der Waals surface area contributed by atoms with Gasteiger partial charge in [-0.3, -0.25) is 9.59 Å². The number of rotatable bonds is 7. The number of carbonyl (C=O) groups excluding carboxylic acids is 2. The Bertz CT molecular complexity index is 982. The van der Waals surface area contributed by atoms with E-state index in [2.05, 4.69) is 10.6 Å². The molecule has 1 atom stereocenters. The molecule has 0 aliphatic carbocycles. The maximum atomic E-state index is 12.5. The summed E-state index contributed by atoms with van der Waals surface area (Å²) in [4.78, 5) is 24.9. The first-order valence-electron chi connectivity index (χ1n) is 8.92. The molecule has 0 aliphatic rings. The maximum Gasteiger partial charge on any atom is 0.249 e. The molecule has 6 nitrogen and oxygen atoms in total. The molecule has 0 fully saturated rings. The van der Waals surface area contributed by atoms with Gasteiger partial charge in [0.05, 0.1) is 20.1 Å². The van der Waals surface area contributed by atoms with Crippen molar-refractivity contribution >= 4 is 28.3 Å². The second kappa shape index (κ2) is 9.01. The van der Waals surface area contributed by atoms with Crippen LogP contribution in [0.4, 0.5) is 5.69 Å². The lowest BCUT2D eigenvalue weighted by molar-refractivity contribution is -0.126. The fourth-order valence-electron chi connectivity index (χ4n) is 2.99. The zero-order valence-electron chi connectivity index (χ0n) is 15.5. The average molecular weight is 378 g/mol. The van der Waals surface area contributed by atoms with E-state index in [9.17, 15) is 14.7 Å². The third kappa shape index (κ3) is 4.66. The summed E-state index contributed by atoms with van der Waals surface area (Å²) in [6.07, 6.45) is 0.115. The quantitative estimate of drug-likeness (QED) is 0.590. The lowest BCUT2D eigenvalue weighted by atomic mass is 10.0. The summed E-state index contributed by atoms with van der Waals surface area (Å²) in [5.74, 6) is -0.239. The highest BCUT2D eigenvalue weighted by Crippen LogP contribution is 2.19. The number of ether oxygens (including phenoxy) is 1. The van der Waals surface area contributed by atoms with Crippen LogP contribution in [0, 0.1) is 0 Å². The molecule has 28 heavy (non-hydrogen) atoms. The van der Waals surface area contributed by atoms with Gasteiger partial charge in [0.15, 0.2) is 0 Å². The van der Waals surface area contributed by atoms with Crippen LogP contribution in [0.2, 0.25) is 0 Å². The Balaban J connectivity index is 1.66. The van der Waals surface area contributed by atoms with Crippen LogP contribution in [0.15, 0.2) is 66.7 Å². The summed E-state index contributed by atoms with van der Waals surface area (Å²) in [6, 6.07) is 19.4. The van der Waals surface area contributed by atoms with E-state index in [1.807, 2.05) is 42.5 Å². The van der Waals surface area contributed by atoms with E-state index in [1.165, 1.54) is 7.11 Å². The van der Waals surface area contributed by atoms with Gasteiger partial charge in [0.2, 0.25) is 11.8 Å². The van der Waals surface area contributed by atoms with Crippen molar-refractivity contribution in [2.75, 3.05) is 19.0 Å². The molecule has 0 saturated carbocycles. The number of anilines is 1. The van der Waals surface area contributed by atoms with Gasteiger partial charge in [-0.2, -0.15) is 0 Å². The standard InChI is InChI=1S/C22H22N2O4/c1-28-18-10-5-9-17(13-18)23-22(27)20(14-25)24-21(26)12-16-8-4-7-15-6-2-3-11-19(15)16/h2-11,13,20,25H,12,14H2,1H3,(H,23,27)(H,24,26). The van der Waals surface area contributed by atoms with Crippen LogP contribution in [-0.2, 0) is 16.0 Å². The number of amides is 2. The zero-order valence-corrected chi connectivity index (χ0v) is 15.5. The van der Waals surface area contributed by atoms with Gasteiger partial charge in [0.1, 0.15) is 11.8 Å². The molecule has 2 amide bonds. The Kier molecular flexibility index (Phi) is 6.24. The van der Waals surface area contributed by atoms with Crippen LogP contribution in [-0.4, -0.2) is 36.7 Å². The number of fused-ring (bicyclic) bond motifs is 1. The summed E-state index contributed by atoms with van der Waals surface area (Å²) in [6.45, 7) is -0.503. The molecule has 0 radical (unpaired) electrons. The fraction of sp³-hybridized carbons (Fsp3) is 0.182. The molecule has 0 heterocycles. The summed E-state index contributed by atoms with van der Waals surface area (Å²) < 4.78 is 5.12. The molecule has 6 heteroatoms. The van der Waals surface area contributed by atoms with Crippen LogP contribution in [0.25, 0.3) is 10.8 Å². The Morgan fingerprint density at radius 1 is 1.04 bits per heavy atom. The predicted molar refractivity (Wildman–Crippen MR) is 108 cm³/mol. The van der Waals surface area contributed by atoms with E-state index in [1.54, 1.807) is 24.3 Å². The highest BCUT2D eigenvalue weighted by Gasteiger charge is 2.20. The number of benzene rings is 3. The van der Waals surface area contributed by atoms with Crippen molar-refractivity contribution in [1.29, 1.82) is 0 Å². The average Bonchev–Trinajstić information content (AvgIpc) is 2.72. The summed E-state index contributed by atoms with van der Waals surface area (Å²) in [5.41, 5.74) is 1.38. The highest BCUT2D eigenvalue weighted by atomic mass is 16.5. The normalized spacial score (nSPS) is 11.6. The lowest BCUT2D eigenvalue weighted by Crippen LogP contribution is -2.46. The number of aliphatic hydroxyl groups excluding tert-OH is 1. The molecular formula is C22H22N2O4. The SMILES string of the molecule is COc1cccc(NC(=O)C(CO)NC(=O)Cc2cccc3ccccc23)c1. The topological polar surface area (TPSA) is 87.7 Å². The highest BCUT2D eigenvalue weighted by molar-refractivity contribution is 5.98. The van der Waals surface area contributed by atoms with Gasteiger partial charge < -0.3 is 20.5 Å². The molecule has 144 valence electrons. The Morgan fingerprint density at radius 2 is 1.79 bits per heavy atom. The maximum absolute atomic E-state index is 12.5. The molecule has 0 saturated heterocycles. The summed E-state index contributed by atoms with van der Waals surface area (Å²) in [7, 11) is 1.53. The van der Waals surface area contributed by atoms with E-state index >= 15 is 0 Å². The summed E-state index contributed by atoms with van der Waals surface area (Å²) in [5, 5.41) is 16.9. The van der Waals surface area contributed by atoms with Gasteiger partial charge in [0, 0.05) is 11.8 Å². The third-order valence-corrected chi connectivity index (χ3v) is 4.40. The number of methoxy groups -OCH3 is 1. The van der Waals surface area contributed by atoms with Gasteiger partial charge in [0.25, 0.3) is 0 Å². The predicted octanol–water partition coefficient (Wildman–Crippen LogP) is 2.51. The van der Waals surface area contributed by atoms with E-state index < -0.39 is 18.6 Å². The zero-order chi connectivity index (χ0) is 19.9. The van der Waals surface area contributed by atoms with Gasteiger partial charge in [-0.05, 0) is 28.5 Å². The van der Waals surface area contributed by atoms with E-state index in [0.717, 1.165) is 16.3 Å². The van der Waals surface area contributed by atoms with Crippen LogP contribution in [0.3, 0.4) is 0 Å². The molecule has 0 bridgehead atoms. The van der Waals surface area contributed by atoms with E-state index in [-0.39, 0.29) is 12.3 Å². The van der Waals surface area contributed by atoms with Crippen LogP contribution in [0.5, 0.6) is 5.75 Å². The summed E-state index contributed by atoms with van der Waals surface area (Å²) >= 11 is 0. The van der Waals surface area contributed by atoms with Gasteiger partial charge in [-0.25, -0.2) is 0 Å². The lowest BCUT2D eigenvalue weighted by Gasteiger charge is -2.17. The minimum absolute atomic E-state index is 0.115. The third-order valence-electron chi connectivity index (χ3n) is 4.40. The van der Waals surface area contributed by atoms with Crippen LogP contribution < -0.4 is 15.4 Å². The Morgan fingerprint density at radius 3 is 2.57 bits per heavy atom. The molecule has 3 aromatic carbocycles. The molecule has 3 N–H and O–H groups in total. The van der Waals surface area contributed by atoms with E-state index in [4.69, 9.17) is 4.74 Å². The largest absolute Gasteiger partial charge is 0.497 e. The van der Waals surface area contributed by atoms with Gasteiger partial charge in [-0.1, -0.05) is 48.5 Å². The van der Waals surface area contributed by atoms with Crippen molar-refractivity contribution in [3.05, 3.63) is 72.3 Å². The van der Waals surface area contributed by atoms with Gasteiger partial charge in [-0.15, -0.1) is 0 Å². The minimum atomic E-state index is -1.05. The van der Waals surface area contributed by atoms with Crippen LogP contribution >= 0.6 is 0 Å². The van der Waals surface area contributed by atoms with Crippen molar-refractivity contribution in [3.63, 3.8) is 0 Å². The first kappa shape index (κ1) is 19.4. The molecule has 0 spiro atoms. The van der Waals surface area contributed by atoms with Crippen molar-refractivity contribution in [2.45, 2.75) is 12.5 Å². The van der Waals surface area contributed by atoms with Gasteiger partial charge >= 0.3 is 0 Å². The number of hydrogen-bond acceptors (Lipinski definition) is 4. The number of nitrogens with one attached hydrogen (secondary N) is 2. The molecule has 3 aromatic rings. The van der Waals surface area contributed by atoms with Crippen LogP contribution in [0.1, 0.15) is 5.56 Å². The molecule has 0 aliphatic heterocycles.